The van der Waals surface area contributed by atoms with Crippen LogP contribution in [-0.4, -0.2) is 23.1 Å². The average Bonchev–Trinajstić information content (AvgIpc) is 3.41. The van der Waals surface area contributed by atoms with Crippen LogP contribution in [0.2, 0.25) is 0 Å². The zero-order chi connectivity index (χ0) is 18.0. The highest BCUT2D eigenvalue weighted by molar-refractivity contribution is 6.09. The molecule has 4 nitrogen and oxygen atoms in total. The van der Waals surface area contributed by atoms with E-state index in [2.05, 4.69) is 24.3 Å². The van der Waals surface area contributed by atoms with Crippen molar-refractivity contribution in [2.45, 2.75) is 12.8 Å². The van der Waals surface area contributed by atoms with Crippen molar-refractivity contribution >= 4 is 23.1 Å². The molecule has 6 rings (SSSR count). The Bertz CT molecular complexity index is 708. The van der Waals surface area contributed by atoms with E-state index in [-0.39, 0.29) is 46.8 Å². The molecule has 0 N–H and O–H groups in total. The maximum absolute atomic E-state index is 11.5. The molecule has 0 heterocycles. The van der Waals surface area contributed by atoms with Crippen molar-refractivity contribution in [3.63, 3.8) is 0 Å². The molecule has 0 unspecified atom stereocenters. The van der Waals surface area contributed by atoms with Crippen LogP contribution < -0.4 is 0 Å². The van der Waals surface area contributed by atoms with Crippen molar-refractivity contribution in [1.82, 2.24) is 0 Å². The third kappa shape index (κ3) is 2.14. The van der Waals surface area contributed by atoms with E-state index in [4.69, 9.17) is 0 Å². The van der Waals surface area contributed by atoms with Gasteiger partial charge in [-0.1, -0.05) is 24.3 Å². The molecule has 0 spiro atoms. The van der Waals surface area contributed by atoms with Crippen LogP contribution in [0.1, 0.15) is 12.8 Å². The summed E-state index contributed by atoms with van der Waals surface area (Å²) in [4.78, 5) is 46.2. The first-order valence-electron chi connectivity index (χ1n) is 9.43. The molecule has 0 aromatic carbocycles. The lowest BCUT2D eigenvalue weighted by Gasteiger charge is -2.26. The van der Waals surface area contributed by atoms with E-state index in [0.717, 1.165) is 12.8 Å². The van der Waals surface area contributed by atoms with Crippen molar-refractivity contribution in [2.24, 2.45) is 47.3 Å². The van der Waals surface area contributed by atoms with E-state index in [1.165, 1.54) is 24.3 Å². The summed E-state index contributed by atoms with van der Waals surface area (Å²) in [5.74, 6) is 1.91. The number of hydrogen-bond acceptors (Lipinski definition) is 4. The summed E-state index contributed by atoms with van der Waals surface area (Å²) in [6.45, 7) is 0. The van der Waals surface area contributed by atoms with Gasteiger partial charge in [-0.05, 0) is 60.8 Å². The van der Waals surface area contributed by atoms with Crippen molar-refractivity contribution in [3.05, 3.63) is 48.6 Å². The van der Waals surface area contributed by atoms with Gasteiger partial charge in [0.15, 0.2) is 23.1 Å². The molecule has 0 radical (unpaired) electrons. The molecule has 2 fully saturated rings. The molecule has 0 aliphatic heterocycles. The van der Waals surface area contributed by atoms with Crippen LogP contribution in [0.3, 0.4) is 0 Å². The van der Waals surface area contributed by atoms with Gasteiger partial charge in [-0.3, -0.25) is 19.2 Å². The minimum absolute atomic E-state index is 0.0208. The van der Waals surface area contributed by atoms with Gasteiger partial charge in [-0.2, -0.15) is 0 Å². The van der Waals surface area contributed by atoms with Crippen molar-refractivity contribution in [2.75, 3.05) is 0 Å². The van der Waals surface area contributed by atoms with E-state index in [0.29, 0.717) is 23.7 Å². The quantitative estimate of drug-likeness (QED) is 0.630. The molecule has 6 aliphatic rings. The van der Waals surface area contributed by atoms with E-state index < -0.39 is 0 Å². The van der Waals surface area contributed by atoms with Crippen LogP contribution in [0.25, 0.3) is 0 Å². The zero-order valence-electron chi connectivity index (χ0n) is 14.3. The fraction of sp³-hybridized carbons (Fsp3) is 0.455. The smallest absolute Gasteiger partial charge is 0.160 e. The lowest BCUT2D eigenvalue weighted by molar-refractivity contribution is -0.129. The topological polar surface area (TPSA) is 68.3 Å². The summed E-state index contributed by atoms with van der Waals surface area (Å²) < 4.78 is 0. The largest absolute Gasteiger partial charge is 0.294 e. The number of hydrogen-bond donors (Lipinski definition) is 0. The number of carbonyl (C=O) groups excluding carboxylic acids is 4. The van der Waals surface area contributed by atoms with Crippen LogP contribution in [-0.2, 0) is 19.2 Å². The van der Waals surface area contributed by atoms with Crippen LogP contribution >= 0.6 is 0 Å². The molecule has 4 heteroatoms. The van der Waals surface area contributed by atoms with Crippen molar-refractivity contribution in [3.8, 4) is 0 Å². The fourth-order valence-corrected chi connectivity index (χ4v) is 5.97. The number of fused-ring (bicyclic) bond motifs is 10. The summed E-state index contributed by atoms with van der Waals surface area (Å²) >= 11 is 0. The van der Waals surface area contributed by atoms with Gasteiger partial charge in [0.25, 0.3) is 0 Å². The number of ketones is 4. The Kier molecular flexibility index (Phi) is 3.40. The summed E-state index contributed by atoms with van der Waals surface area (Å²) in [7, 11) is 0. The maximum atomic E-state index is 11.5. The zero-order valence-corrected chi connectivity index (χ0v) is 14.3. The second-order valence-electron chi connectivity index (χ2n) is 8.28. The first kappa shape index (κ1) is 15.9. The Hall–Kier alpha value is -2.36. The van der Waals surface area contributed by atoms with Gasteiger partial charge in [0.2, 0.25) is 0 Å². The van der Waals surface area contributed by atoms with Crippen molar-refractivity contribution < 1.29 is 19.2 Å². The highest BCUT2D eigenvalue weighted by Crippen LogP contribution is 2.51. The van der Waals surface area contributed by atoms with Gasteiger partial charge in [0, 0.05) is 23.7 Å². The Morgan fingerprint density at radius 3 is 0.923 bits per heavy atom. The molecule has 4 bridgehead atoms. The number of carbonyl (C=O) groups is 4. The predicted molar refractivity (Wildman–Crippen MR) is 93.7 cm³/mol. The SMILES string of the molecule is O=C1C=CC(=O)[C@H]2[C@@H]1[C@H]1C=C[C@@H]2C1.O=C1C=CC(=O)[C@H]2[C@@H]1[C@H]1C=C[C@@H]2C1. The molecule has 0 saturated heterocycles. The lowest BCUT2D eigenvalue weighted by Crippen LogP contribution is -2.34. The third-order valence-corrected chi connectivity index (χ3v) is 7.06. The third-order valence-electron chi connectivity index (χ3n) is 7.06. The van der Waals surface area contributed by atoms with Crippen LogP contribution in [0, 0.1) is 47.3 Å². The Labute approximate surface area is 151 Å². The second kappa shape index (κ2) is 5.57. The average molecular weight is 348 g/mol. The maximum Gasteiger partial charge on any atom is 0.160 e. The fourth-order valence-electron chi connectivity index (χ4n) is 5.97. The normalized spacial score (nSPS) is 45.8. The van der Waals surface area contributed by atoms with Crippen LogP contribution in [0.15, 0.2) is 48.6 Å². The Morgan fingerprint density at radius 1 is 0.462 bits per heavy atom. The lowest BCUT2D eigenvalue weighted by atomic mass is 9.75. The molecular formula is C22H20O4. The number of rotatable bonds is 0. The summed E-state index contributed by atoms with van der Waals surface area (Å²) in [6.07, 6.45) is 16.3. The monoisotopic (exact) mass is 348 g/mol. The van der Waals surface area contributed by atoms with E-state index in [1.807, 2.05) is 0 Å². The van der Waals surface area contributed by atoms with Gasteiger partial charge in [-0.15, -0.1) is 0 Å². The molecule has 26 heavy (non-hydrogen) atoms. The van der Waals surface area contributed by atoms with Gasteiger partial charge in [0.05, 0.1) is 0 Å². The van der Waals surface area contributed by atoms with Gasteiger partial charge < -0.3 is 0 Å². The van der Waals surface area contributed by atoms with Gasteiger partial charge >= 0.3 is 0 Å². The Balaban J connectivity index is 0.000000115. The summed E-state index contributed by atoms with van der Waals surface area (Å²) in [5.41, 5.74) is 0. The standard InChI is InChI=1S/2C11H10O2/c2*12-8-3-4-9(13)11-7-2-1-6(5-7)10(8)11/h2*1-4,6-7,10-11H,5H2/t2*6-,7+,10+,11-. The summed E-state index contributed by atoms with van der Waals surface area (Å²) in [5, 5.41) is 0. The van der Waals surface area contributed by atoms with Gasteiger partial charge in [-0.25, -0.2) is 0 Å². The molecular weight excluding hydrogens is 328 g/mol. The first-order valence-corrected chi connectivity index (χ1v) is 9.43. The molecule has 8 atom stereocenters. The van der Waals surface area contributed by atoms with E-state index >= 15 is 0 Å². The van der Waals surface area contributed by atoms with Crippen LogP contribution in [0.5, 0.6) is 0 Å². The molecule has 0 aromatic rings. The Morgan fingerprint density at radius 2 is 0.692 bits per heavy atom. The molecule has 2 saturated carbocycles. The van der Waals surface area contributed by atoms with Crippen molar-refractivity contribution in [1.29, 1.82) is 0 Å². The van der Waals surface area contributed by atoms with E-state index in [9.17, 15) is 19.2 Å². The second-order valence-corrected chi connectivity index (χ2v) is 8.28. The minimum atomic E-state index is -0.0208. The molecule has 132 valence electrons. The molecule has 0 amide bonds. The highest BCUT2D eigenvalue weighted by Gasteiger charge is 2.52. The minimum Gasteiger partial charge on any atom is -0.294 e. The summed E-state index contributed by atoms with van der Waals surface area (Å²) in [6, 6.07) is 0. The van der Waals surface area contributed by atoms with E-state index in [1.54, 1.807) is 0 Å². The predicted octanol–water partition coefficient (Wildman–Crippen LogP) is 2.27. The highest BCUT2D eigenvalue weighted by atomic mass is 16.1. The molecule has 6 aliphatic carbocycles. The number of allylic oxidation sites excluding steroid dienone is 8. The first-order chi connectivity index (χ1) is 12.5. The molecule has 0 aromatic heterocycles. The van der Waals surface area contributed by atoms with Gasteiger partial charge in [0.1, 0.15) is 0 Å². The van der Waals surface area contributed by atoms with Crippen LogP contribution in [0.4, 0.5) is 0 Å².